The van der Waals surface area contributed by atoms with Crippen LogP contribution < -0.4 is 4.46 Å². The molecule has 1 aromatic carbocycles. The van der Waals surface area contributed by atoms with E-state index < -0.39 is 0 Å². The molecule has 0 unspecified atom stereocenters. The van der Waals surface area contributed by atoms with Crippen LogP contribution in [-0.4, -0.2) is 27.3 Å². The summed E-state index contributed by atoms with van der Waals surface area (Å²) in [5.41, 5.74) is 0. The van der Waals surface area contributed by atoms with Crippen molar-refractivity contribution in [2.75, 3.05) is 0 Å². The van der Waals surface area contributed by atoms with E-state index in [2.05, 4.69) is 38.5 Å². The van der Waals surface area contributed by atoms with Crippen molar-refractivity contribution in [2.45, 2.75) is 0 Å². The van der Waals surface area contributed by atoms with Crippen LogP contribution in [0.5, 0.6) is 0 Å². The molecule has 0 amide bonds. The van der Waals surface area contributed by atoms with Gasteiger partial charge >= 0.3 is 62.1 Å². The Morgan fingerprint density at radius 3 is 2.12 bits per heavy atom. The number of rotatable bonds is 1. The molecule has 0 atom stereocenters. The van der Waals surface area contributed by atoms with Crippen molar-refractivity contribution < 1.29 is 0 Å². The zero-order valence-corrected chi connectivity index (χ0v) is 7.83. The molecule has 0 fully saturated rings. The number of hydrogen-bond acceptors (Lipinski definition) is 0. The normalized spacial score (nSPS) is 9.12. The predicted molar refractivity (Wildman–Crippen MR) is 39.0 cm³/mol. The molecular weight excluding hydrogens is 230 g/mol. The molecule has 1 aromatic rings. The van der Waals surface area contributed by atoms with Crippen molar-refractivity contribution in [3.63, 3.8) is 0 Å². The maximum absolute atomic E-state index is 2.62. The van der Waals surface area contributed by atoms with Crippen LogP contribution in [0.25, 0.3) is 0 Å². The summed E-state index contributed by atoms with van der Waals surface area (Å²) >= 11 is 3.23. The van der Waals surface area contributed by atoms with Gasteiger partial charge in [0.1, 0.15) is 0 Å². The minimum atomic E-state index is 0.605. The molecule has 0 nitrogen and oxygen atoms in total. The Morgan fingerprint density at radius 1 is 1.12 bits per heavy atom. The minimum absolute atomic E-state index is 0.605. The van der Waals surface area contributed by atoms with E-state index in [1.807, 2.05) is 6.07 Å². The van der Waals surface area contributed by atoms with E-state index in [1.165, 1.54) is 4.46 Å². The molecule has 0 spiro atoms. The molecule has 0 saturated carbocycles. The Bertz CT molecular complexity index is 148. The first-order valence-electron chi connectivity index (χ1n) is 2.30. The maximum atomic E-state index is 2.62. The Kier molecular flexibility index (Phi) is 2.65. The van der Waals surface area contributed by atoms with Crippen LogP contribution in [0.1, 0.15) is 0 Å². The van der Waals surface area contributed by atoms with E-state index in [-0.39, 0.29) is 0 Å². The van der Waals surface area contributed by atoms with Gasteiger partial charge in [-0.1, -0.05) is 0 Å². The van der Waals surface area contributed by atoms with Gasteiger partial charge in [-0.25, -0.2) is 0 Å². The van der Waals surface area contributed by atoms with Gasteiger partial charge < -0.3 is 0 Å². The van der Waals surface area contributed by atoms with Crippen LogP contribution in [0.4, 0.5) is 0 Å². The van der Waals surface area contributed by atoms with E-state index in [0.717, 1.165) is 0 Å². The summed E-state index contributed by atoms with van der Waals surface area (Å²) in [6, 6.07) is 10.5. The topological polar surface area (TPSA) is 0 Å². The van der Waals surface area contributed by atoms with Gasteiger partial charge in [-0.2, -0.15) is 0 Å². The summed E-state index contributed by atoms with van der Waals surface area (Å²) in [6.07, 6.45) is 0. The van der Waals surface area contributed by atoms with Gasteiger partial charge in [0.15, 0.2) is 0 Å². The van der Waals surface area contributed by atoms with Crippen LogP contribution in [0.3, 0.4) is 0 Å². The van der Waals surface area contributed by atoms with E-state index in [4.69, 9.17) is 0 Å². The van der Waals surface area contributed by atoms with Crippen molar-refractivity contribution in [1.29, 1.82) is 0 Å². The fourth-order valence-electron chi connectivity index (χ4n) is 0.481. The van der Waals surface area contributed by atoms with Gasteiger partial charge in [0.05, 0.1) is 0 Å². The van der Waals surface area contributed by atoms with Gasteiger partial charge in [0.25, 0.3) is 0 Å². The SMILES string of the molecule is [SeH][Se]c1ccccc1. The Morgan fingerprint density at radius 2 is 1.75 bits per heavy atom. The van der Waals surface area contributed by atoms with Gasteiger partial charge in [-0.3, -0.25) is 0 Å². The first-order chi connectivity index (χ1) is 3.93. The third-order valence-electron chi connectivity index (χ3n) is 0.849. The summed E-state index contributed by atoms with van der Waals surface area (Å²) in [5, 5.41) is 0. The van der Waals surface area contributed by atoms with Crippen molar-refractivity contribution in [3.05, 3.63) is 30.3 Å². The van der Waals surface area contributed by atoms with Crippen LogP contribution in [0.15, 0.2) is 30.3 Å². The average molecular weight is 236 g/mol. The summed E-state index contributed by atoms with van der Waals surface area (Å²) < 4.78 is 1.44. The molecule has 0 N–H and O–H groups in total. The molecule has 8 heavy (non-hydrogen) atoms. The molecule has 0 aliphatic heterocycles. The molecular formula is C6H6Se2. The zero-order chi connectivity index (χ0) is 5.82. The Hall–Kier alpha value is 0.259. The molecule has 1 rings (SSSR count). The monoisotopic (exact) mass is 238 g/mol. The molecule has 42 valence electrons. The van der Waals surface area contributed by atoms with Crippen molar-refractivity contribution >= 4 is 31.8 Å². The van der Waals surface area contributed by atoms with Crippen molar-refractivity contribution in [1.82, 2.24) is 0 Å². The molecule has 2 heteroatoms. The molecule has 0 bridgehead atoms. The molecule has 0 heterocycles. The van der Waals surface area contributed by atoms with Crippen LogP contribution in [0.2, 0.25) is 0 Å². The first kappa shape index (κ1) is 6.38. The van der Waals surface area contributed by atoms with Gasteiger partial charge in [0, 0.05) is 0 Å². The second-order valence-electron chi connectivity index (χ2n) is 1.40. The van der Waals surface area contributed by atoms with Gasteiger partial charge in [-0.15, -0.1) is 0 Å². The van der Waals surface area contributed by atoms with Gasteiger partial charge in [0.2, 0.25) is 0 Å². The zero-order valence-electron chi connectivity index (χ0n) is 4.24. The second kappa shape index (κ2) is 3.32. The summed E-state index contributed by atoms with van der Waals surface area (Å²) in [4.78, 5) is 0. The summed E-state index contributed by atoms with van der Waals surface area (Å²) in [5.74, 6) is 0. The van der Waals surface area contributed by atoms with E-state index in [1.54, 1.807) is 0 Å². The van der Waals surface area contributed by atoms with Crippen LogP contribution in [-0.2, 0) is 0 Å². The molecule has 0 aliphatic rings. The predicted octanol–water partition coefficient (Wildman–Crippen LogP) is -0.168. The van der Waals surface area contributed by atoms with Gasteiger partial charge in [-0.05, 0) is 0 Å². The van der Waals surface area contributed by atoms with Crippen molar-refractivity contribution in [3.8, 4) is 0 Å². The third kappa shape index (κ3) is 1.64. The van der Waals surface area contributed by atoms with E-state index in [9.17, 15) is 0 Å². The van der Waals surface area contributed by atoms with Crippen molar-refractivity contribution in [2.24, 2.45) is 0 Å². The second-order valence-corrected chi connectivity index (χ2v) is 4.77. The summed E-state index contributed by atoms with van der Waals surface area (Å²) in [7, 11) is 0. The molecule has 0 aliphatic carbocycles. The molecule has 0 aromatic heterocycles. The van der Waals surface area contributed by atoms with Crippen LogP contribution in [0, 0.1) is 0 Å². The number of hydrogen-bond donors (Lipinski definition) is 0. The first-order valence-corrected chi connectivity index (χ1v) is 7.90. The number of benzene rings is 1. The molecule has 0 saturated heterocycles. The standard InChI is InChI=1S/C6H6Se2/c7-8-6-4-2-1-3-5-6/h1-5,7H. The Balaban J connectivity index is 2.83. The average Bonchev–Trinajstić information content (AvgIpc) is 1.90. The molecule has 0 radical (unpaired) electrons. The quantitative estimate of drug-likeness (QED) is 0.594. The Labute approximate surface area is 62.2 Å². The summed E-state index contributed by atoms with van der Waals surface area (Å²) in [6.45, 7) is 0. The van der Waals surface area contributed by atoms with E-state index in [0.29, 0.717) is 13.1 Å². The fraction of sp³-hybridized carbons (Fsp3) is 0. The van der Waals surface area contributed by atoms with Crippen LogP contribution >= 0.6 is 0 Å². The third-order valence-corrected chi connectivity index (χ3v) is 4.16. The fourth-order valence-corrected chi connectivity index (χ4v) is 2.39. The van der Waals surface area contributed by atoms with E-state index >= 15 is 0 Å².